The lowest BCUT2D eigenvalue weighted by atomic mass is 10.0. The first-order valence-corrected chi connectivity index (χ1v) is 7.05. The predicted octanol–water partition coefficient (Wildman–Crippen LogP) is 3.14. The smallest absolute Gasteiger partial charge is 0.134 e. The number of rotatable bonds is 7. The molecule has 0 heterocycles. The molecule has 0 saturated heterocycles. The average molecular weight is 316 g/mol. The van der Waals surface area contributed by atoms with Crippen LogP contribution in [-0.4, -0.2) is 25.9 Å². The minimum atomic E-state index is 0.0371. The fourth-order valence-corrected chi connectivity index (χ4v) is 2.22. The monoisotopic (exact) mass is 315 g/mol. The summed E-state index contributed by atoms with van der Waals surface area (Å²) in [5.74, 6) is 0.841. The van der Waals surface area contributed by atoms with Crippen molar-refractivity contribution < 1.29 is 9.47 Å². The van der Waals surface area contributed by atoms with Crippen molar-refractivity contribution in [2.24, 2.45) is 5.73 Å². The Balaban J connectivity index is 2.67. The second kappa shape index (κ2) is 7.77. The standard InChI is InChI=1S/C14H22BrNO2/c1-4-12(16)7-11-5-6-14(13(15)8-11)18-10(2)9-17-3/h5-6,8,10,12H,4,7,9,16H2,1-3H3. The van der Waals surface area contributed by atoms with Crippen LogP contribution in [-0.2, 0) is 11.2 Å². The number of nitrogens with two attached hydrogens (primary N) is 1. The van der Waals surface area contributed by atoms with E-state index in [1.807, 2.05) is 13.0 Å². The van der Waals surface area contributed by atoms with Crippen molar-refractivity contribution in [3.05, 3.63) is 28.2 Å². The molecule has 2 atom stereocenters. The third-order valence-electron chi connectivity index (χ3n) is 2.75. The van der Waals surface area contributed by atoms with Gasteiger partial charge >= 0.3 is 0 Å². The Labute approximate surface area is 118 Å². The second-order valence-electron chi connectivity index (χ2n) is 4.52. The maximum absolute atomic E-state index is 5.95. The summed E-state index contributed by atoms with van der Waals surface area (Å²) in [7, 11) is 1.67. The van der Waals surface area contributed by atoms with E-state index >= 15 is 0 Å². The molecule has 2 unspecified atom stereocenters. The Kier molecular flexibility index (Phi) is 6.68. The van der Waals surface area contributed by atoms with Crippen LogP contribution in [0.2, 0.25) is 0 Å². The molecule has 0 fully saturated rings. The van der Waals surface area contributed by atoms with Crippen LogP contribution in [0.3, 0.4) is 0 Å². The van der Waals surface area contributed by atoms with E-state index in [9.17, 15) is 0 Å². The van der Waals surface area contributed by atoms with Gasteiger partial charge in [0.25, 0.3) is 0 Å². The van der Waals surface area contributed by atoms with Crippen molar-refractivity contribution in [2.45, 2.75) is 38.8 Å². The first kappa shape index (κ1) is 15.5. The van der Waals surface area contributed by atoms with Crippen molar-refractivity contribution in [1.29, 1.82) is 0 Å². The highest BCUT2D eigenvalue weighted by atomic mass is 79.9. The van der Waals surface area contributed by atoms with Gasteiger partial charge in [-0.3, -0.25) is 0 Å². The number of ether oxygens (including phenoxy) is 2. The van der Waals surface area contributed by atoms with Gasteiger partial charge in [-0.25, -0.2) is 0 Å². The van der Waals surface area contributed by atoms with Crippen LogP contribution in [0, 0.1) is 0 Å². The van der Waals surface area contributed by atoms with Gasteiger partial charge in [-0.1, -0.05) is 13.0 Å². The van der Waals surface area contributed by atoms with Crippen molar-refractivity contribution in [3.8, 4) is 5.75 Å². The third-order valence-corrected chi connectivity index (χ3v) is 3.37. The van der Waals surface area contributed by atoms with E-state index in [2.05, 4.69) is 35.0 Å². The lowest BCUT2D eigenvalue weighted by molar-refractivity contribution is 0.0916. The molecule has 0 spiro atoms. The largest absolute Gasteiger partial charge is 0.487 e. The highest BCUT2D eigenvalue weighted by molar-refractivity contribution is 9.10. The Morgan fingerprint density at radius 3 is 2.67 bits per heavy atom. The molecule has 18 heavy (non-hydrogen) atoms. The van der Waals surface area contributed by atoms with E-state index in [-0.39, 0.29) is 12.1 Å². The first-order chi connectivity index (χ1) is 8.56. The number of hydrogen-bond donors (Lipinski definition) is 1. The van der Waals surface area contributed by atoms with Crippen LogP contribution in [0.1, 0.15) is 25.8 Å². The quantitative estimate of drug-likeness (QED) is 0.840. The maximum atomic E-state index is 5.95. The SMILES string of the molecule is CCC(N)Cc1ccc(OC(C)COC)c(Br)c1. The van der Waals surface area contributed by atoms with Gasteiger partial charge in [0.05, 0.1) is 11.1 Å². The molecule has 0 aromatic heterocycles. The molecule has 1 aromatic rings. The van der Waals surface area contributed by atoms with Gasteiger partial charge in [-0.2, -0.15) is 0 Å². The summed E-state index contributed by atoms with van der Waals surface area (Å²) in [5, 5.41) is 0. The molecule has 0 radical (unpaired) electrons. The molecule has 2 N–H and O–H groups in total. The summed E-state index contributed by atoms with van der Waals surface area (Å²) in [6.07, 6.45) is 1.92. The van der Waals surface area contributed by atoms with Crippen LogP contribution >= 0.6 is 15.9 Å². The molecule has 0 bridgehead atoms. The number of methoxy groups -OCH3 is 1. The molecule has 0 aliphatic carbocycles. The highest BCUT2D eigenvalue weighted by Gasteiger charge is 2.09. The van der Waals surface area contributed by atoms with Gasteiger partial charge in [0.1, 0.15) is 11.9 Å². The first-order valence-electron chi connectivity index (χ1n) is 6.26. The fourth-order valence-electron chi connectivity index (χ4n) is 1.70. The van der Waals surface area contributed by atoms with Crippen LogP contribution in [0.4, 0.5) is 0 Å². The molecule has 4 heteroatoms. The fraction of sp³-hybridized carbons (Fsp3) is 0.571. The number of benzene rings is 1. The van der Waals surface area contributed by atoms with Gasteiger partial charge in [0.2, 0.25) is 0 Å². The zero-order valence-corrected chi connectivity index (χ0v) is 12.9. The van der Waals surface area contributed by atoms with E-state index in [1.54, 1.807) is 7.11 Å². The summed E-state index contributed by atoms with van der Waals surface area (Å²) in [4.78, 5) is 0. The topological polar surface area (TPSA) is 44.5 Å². The summed E-state index contributed by atoms with van der Waals surface area (Å²) >= 11 is 3.53. The Hall–Kier alpha value is -0.580. The molecule has 0 aliphatic heterocycles. The molecule has 102 valence electrons. The van der Waals surface area contributed by atoms with Gasteiger partial charge in [-0.05, 0) is 53.4 Å². The van der Waals surface area contributed by atoms with Gasteiger partial charge in [-0.15, -0.1) is 0 Å². The zero-order valence-electron chi connectivity index (χ0n) is 11.3. The van der Waals surface area contributed by atoms with Crippen LogP contribution in [0.15, 0.2) is 22.7 Å². The minimum Gasteiger partial charge on any atom is -0.487 e. The predicted molar refractivity (Wildman–Crippen MR) is 78.1 cm³/mol. The highest BCUT2D eigenvalue weighted by Crippen LogP contribution is 2.27. The van der Waals surface area contributed by atoms with E-state index in [0.29, 0.717) is 6.61 Å². The molecule has 0 aliphatic rings. The maximum Gasteiger partial charge on any atom is 0.134 e. The lowest BCUT2D eigenvalue weighted by Crippen LogP contribution is -2.21. The molecule has 3 nitrogen and oxygen atoms in total. The molecule has 0 amide bonds. The summed E-state index contributed by atoms with van der Waals surface area (Å²) in [5.41, 5.74) is 7.18. The molecular formula is C14H22BrNO2. The summed E-state index contributed by atoms with van der Waals surface area (Å²) < 4.78 is 11.8. The van der Waals surface area contributed by atoms with Crippen LogP contribution in [0.25, 0.3) is 0 Å². The van der Waals surface area contributed by atoms with Crippen LogP contribution < -0.4 is 10.5 Å². The van der Waals surface area contributed by atoms with Crippen molar-refractivity contribution in [2.75, 3.05) is 13.7 Å². The third kappa shape index (κ3) is 4.96. The summed E-state index contributed by atoms with van der Waals surface area (Å²) in [6.45, 7) is 4.66. The van der Waals surface area contributed by atoms with E-state index < -0.39 is 0 Å². The van der Waals surface area contributed by atoms with E-state index in [0.717, 1.165) is 23.1 Å². The molecule has 0 saturated carbocycles. The number of hydrogen-bond acceptors (Lipinski definition) is 3. The van der Waals surface area contributed by atoms with Gasteiger partial charge in [0, 0.05) is 13.2 Å². The lowest BCUT2D eigenvalue weighted by Gasteiger charge is -2.16. The Bertz CT molecular complexity index is 371. The Morgan fingerprint density at radius 2 is 2.11 bits per heavy atom. The molecule has 1 rings (SSSR count). The van der Waals surface area contributed by atoms with Gasteiger partial charge in [0.15, 0.2) is 0 Å². The molecular weight excluding hydrogens is 294 g/mol. The van der Waals surface area contributed by atoms with Crippen molar-refractivity contribution in [1.82, 2.24) is 0 Å². The van der Waals surface area contributed by atoms with Crippen LogP contribution in [0.5, 0.6) is 5.75 Å². The minimum absolute atomic E-state index is 0.0371. The van der Waals surface area contributed by atoms with Crippen molar-refractivity contribution >= 4 is 15.9 Å². The average Bonchev–Trinajstić information content (AvgIpc) is 2.33. The van der Waals surface area contributed by atoms with E-state index in [1.165, 1.54) is 5.56 Å². The van der Waals surface area contributed by atoms with E-state index in [4.69, 9.17) is 15.2 Å². The van der Waals surface area contributed by atoms with Crippen molar-refractivity contribution in [3.63, 3.8) is 0 Å². The number of halogens is 1. The zero-order chi connectivity index (χ0) is 13.5. The summed E-state index contributed by atoms with van der Waals surface area (Å²) in [6, 6.07) is 6.34. The normalized spacial score (nSPS) is 14.3. The molecule has 1 aromatic carbocycles. The second-order valence-corrected chi connectivity index (χ2v) is 5.38. The van der Waals surface area contributed by atoms with Gasteiger partial charge < -0.3 is 15.2 Å². The Morgan fingerprint density at radius 1 is 1.39 bits per heavy atom.